The number of benzene rings is 1. The van der Waals surface area contributed by atoms with Crippen LogP contribution in [0.5, 0.6) is 5.75 Å². The number of hydrogen-bond acceptors (Lipinski definition) is 5. The molecule has 1 aromatic carbocycles. The van der Waals surface area contributed by atoms with Crippen LogP contribution in [-0.4, -0.2) is 16.7 Å². The molecule has 2 heterocycles. The van der Waals surface area contributed by atoms with Crippen molar-refractivity contribution in [2.75, 3.05) is 6.61 Å². The Morgan fingerprint density at radius 2 is 2.11 bits per heavy atom. The standard InChI is InChI=1S/C14H17N3O2/c1-14(2,15)13-16-12(19-17-13)10-7-8-18-11-6-4-3-5-9(10)11/h3-6,10H,7-8,15H2,1-2H3. The molecule has 0 fully saturated rings. The van der Waals surface area contributed by atoms with Crippen LogP contribution in [0.1, 0.15) is 43.5 Å². The SMILES string of the molecule is CC(C)(N)c1noc(C2CCOc3ccccc32)n1. The summed E-state index contributed by atoms with van der Waals surface area (Å²) in [5.74, 6) is 2.13. The highest BCUT2D eigenvalue weighted by molar-refractivity contribution is 5.40. The maximum absolute atomic E-state index is 5.98. The molecule has 0 amide bonds. The minimum absolute atomic E-state index is 0.0912. The van der Waals surface area contributed by atoms with Gasteiger partial charge < -0.3 is 15.0 Å². The van der Waals surface area contributed by atoms with E-state index in [-0.39, 0.29) is 5.92 Å². The molecule has 1 aliphatic heterocycles. The molecule has 2 aromatic rings. The molecule has 0 saturated heterocycles. The van der Waals surface area contributed by atoms with Crippen molar-refractivity contribution in [3.05, 3.63) is 41.5 Å². The summed E-state index contributed by atoms with van der Waals surface area (Å²) in [6.45, 7) is 4.38. The lowest BCUT2D eigenvalue weighted by Gasteiger charge is -2.23. The van der Waals surface area contributed by atoms with E-state index in [9.17, 15) is 0 Å². The Balaban J connectivity index is 1.98. The lowest BCUT2D eigenvalue weighted by Crippen LogP contribution is -2.30. The lowest BCUT2D eigenvalue weighted by atomic mass is 9.93. The van der Waals surface area contributed by atoms with Crippen LogP contribution in [-0.2, 0) is 5.54 Å². The molecule has 5 heteroatoms. The predicted octanol–water partition coefficient (Wildman–Crippen LogP) is 2.18. The van der Waals surface area contributed by atoms with Crippen molar-refractivity contribution in [2.45, 2.75) is 31.7 Å². The first kappa shape index (κ1) is 12.2. The Kier molecular flexibility index (Phi) is 2.78. The highest BCUT2D eigenvalue weighted by Crippen LogP contribution is 2.37. The fourth-order valence-electron chi connectivity index (χ4n) is 2.24. The van der Waals surface area contributed by atoms with Crippen LogP contribution in [0.4, 0.5) is 0 Å². The number of rotatable bonds is 2. The quantitative estimate of drug-likeness (QED) is 0.894. The first-order chi connectivity index (χ1) is 9.05. The minimum atomic E-state index is -0.591. The number of ether oxygens (including phenoxy) is 1. The molecule has 0 bridgehead atoms. The normalized spacial score (nSPS) is 18.8. The van der Waals surface area contributed by atoms with E-state index < -0.39 is 5.54 Å². The largest absolute Gasteiger partial charge is 0.493 e. The van der Waals surface area contributed by atoms with Crippen LogP contribution >= 0.6 is 0 Å². The lowest BCUT2D eigenvalue weighted by molar-refractivity contribution is 0.256. The third-order valence-electron chi connectivity index (χ3n) is 3.27. The third-order valence-corrected chi connectivity index (χ3v) is 3.27. The van der Waals surface area contributed by atoms with Gasteiger partial charge in [0.15, 0.2) is 5.82 Å². The van der Waals surface area contributed by atoms with E-state index in [1.165, 1.54) is 0 Å². The second-order valence-electron chi connectivity index (χ2n) is 5.41. The Morgan fingerprint density at radius 1 is 1.32 bits per heavy atom. The van der Waals surface area contributed by atoms with Crippen molar-refractivity contribution >= 4 is 0 Å². The average Bonchev–Trinajstić information content (AvgIpc) is 2.87. The van der Waals surface area contributed by atoms with E-state index in [4.69, 9.17) is 15.0 Å². The molecule has 1 aromatic heterocycles. The van der Waals surface area contributed by atoms with Crippen LogP contribution in [0.2, 0.25) is 0 Å². The molecule has 1 atom stereocenters. The first-order valence-corrected chi connectivity index (χ1v) is 6.40. The minimum Gasteiger partial charge on any atom is -0.493 e. The summed E-state index contributed by atoms with van der Waals surface area (Å²) < 4.78 is 11.0. The van der Waals surface area contributed by atoms with Crippen molar-refractivity contribution in [1.29, 1.82) is 0 Å². The summed E-state index contributed by atoms with van der Waals surface area (Å²) in [5.41, 5.74) is 6.49. The Bertz CT molecular complexity index is 586. The summed E-state index contributed by atoms with van der Waals surface area (Å²) in [7, 11) is 0. The van der Waals surface area contributed by atoms with Crippen molar-refractivity contribution < 1.29 is 9.26 Å². The molecule has 2 N–H and O–H groups in total. The van der Waals surface area contributed by atoms with Gasteiger partial charge in [-0.15, -0.1) is 0 Å². The van der Waals surface area contributed by atoms with Gasteiger partial charge >= 0.3 is 0 Å². The monoisotopic (exact) mass is 259 g/mol. The summed E-state index contributed by atoms with van der Waals surface area (Å²) in [6.07, 6.45) is 0.837. The van der Waals surface area contributed by atoms with Gasteiger partial charge in [-0.3, -0.25) is 0 Å². The second-order valence-corrected chi connectivity index (χ2v) is 5.41. The third kappa shape index (κ3) is 2.21. The molecular formula is C14H17N3O2. The number of aromatic nitrogens is 2. The van der Waals surface area contributed by atoms with Gasteiger partial charge in [0.05, 0.1) is 18.1 Å². The molecule has 19 heavy (non-hydrogen) atoms. The number of fused-ring (bicyclic) bond motifs is 1. The van der Waals surface area contributed by atoms with Gasteiger partial charge in [-0.2, -0.15) is 4.98 Å². The number of nitrogens with two attached hydrogens (primary N) is 1. The first-order valence-electron chi connectivity index (χ1n) is 6.40. The van der Waals surface area contributed by atoms with Crippen LogP contribution in [0.25, 0.3) is 0 Å². The second kappa shape index (κ2) is 4.35. The Labute approximate surface area is 111 Å². The van der Waals surface area contributed by atoms with E-state index in [1.54, 1.807) is 0 Å². The maximum atomic E-state index is 5.98. The zero-order chi connectivity index (χ0) is 13.5. The molecular weight excluding hydrogens is 242 g/mol. The molecule has 0 radical (unpaired) electrons. The molecule has 0 aliphatic carbocycles. The van der Waals surface area contributed by atoms with E-state index in [1.807, 2.05) is 38.1 Å². The van der Waals surface area contributed by atoms with Crippen molar-refractivity contribution in [3.8, 4) is 5.75 Å². The molecule has 1 aliphatic rings. The average molecular weight is 259 g/mol. The van der Waals surface area contributed by atoms with Gasteiger partial charge in [-0.1, -0.05) is 23.4 Å². The summed E-state index contributed by atoms with van der Waals surface area (Å²) >= 11 is 0. The number of hydrogen-bond donors (Lipinski definition) is 1. The zero-order valence-corrected chi connectivity index (χ0v) is 11.1. The highest BCUT2D eigenvalue weighted by atomic mass is 16.5. The fraction of sp³-hybridized carbons (Fsp3) is 0.429. The molecule has 0 saturated carbocycles. The van der Waals surface area contributed by atoms with Gasteiger partial charge in [-0.05, 0) is 26.3 Å². The summed E-state index contributed by atoms with van der Waals surface area (Å²) in [5, 5.41) is 3.98. The predicted molar refractivity (Wildman–Crippen MR) is 69.9 cm³/mol. The van der Waals surface area contributed by atoms with E-state index in [0.717, 1.165) is 17.7 Å². The fourth-order valence-corrected chi connectivity index (χ4v) is 2.24. The number of nitrogens with zero attached hydrogens (tertiary/aromatic N) is 2. The molecule has 0 spiro atoms. The van der Waals surface area contributed by atoms with Crippen molar-refractivity contribution in [2.24, 2.45) is 5.73 Å². The van der Waals surface area contributed by atoms with Crippen LogP contribution in [0, 0.1) is 0 Å². The Morgan fingerprint density at radius 3 is 2.84 bits per heavy atom. The van der Waals surface area contributed by atoms with E-state index in [0.29, 0.717) is 18.3 Å². The van der Waals surface area contributed by atoms with Crippen LogP contribution in [0.15, 0.2) is 28.8 Å². The van der Waals surface area contributed by atoms with Crippen LogP contribution < -0.4 is 10.5 Å². The Hall–Kier alpha value is -1.88. The van der Waals surface area contributed by atoms with Crippen LogP contribution in [0.3, 0.4) is 0 Å². The van der Waals surface area contributed by atoms with Gasteiger partial charge in [-0.25, -0.2) is 0 Å². The topological polar surface area (TPSA) is 74.2 Å². The molecule has 3 rings (SSSR count). The van der Waals surface area contributed by atoms with Crippen molar-refractivity contribution in [1.82, 2.24) is 10.1 Å². The smallest absolute Gasteiger partial charge is 0.234 e. The summed E-state index contributed by atoms with van der Waals surface area (Å²) in [4.78, 5) is 4.45. The van der Waals surface area contributed by atoms with Gasteiger partial charge in [0.2, 0.25) is 5.89 Å². The number of para-hydroxylation sites is 1. The van der Waals surface area contributed by atoms with E-state index in [2.05, 4.69) is 10.1 Å². The molecule has 100 valence electrons. The van der Waals surface area contributed by atoms with Gasteiger partial charge in [0.25, 0.3) is 0 Å². The van der Waals surface area contributed by atoms with Gasteiger partial charge in [0, 0.05) is 5.56 Å². The molecule has 1 unspecified atom stereocenters. The zero-order valence-electron chi connectivity index (χ0n) is 11.1. The summed E-state index contributed by atoms with van der Waals surface area (Å²) in [6, 6.07) is 7.95. The maximum Gasteiger partial charge on any atom is 0.234 e. The van der Waals surface area contributed by atoms with E-state index >= 15 is 0 Å². The van der Waals surface area contributed by atoms with Gasteiger partial charge in [0.1, 0.15) is 5.75 Å². The molecule has 5 nitrogen and oxygen atoms in total. The van der Waals surface area contributed by atoms with Crippen molar-refractivity contribution in [3.63, 3.8) is 0 Å². The highest BCUT2D eigenvalue weighted by Gasteiger charge is 2.29.